The van der Waals surface area contributed by atoms with E-state index in [0.717, 1.165) is 5.56 Å². The van der Waals surface area contributed by atoms with Crippen LogP contribution in [-0.2, 0) is 7.05 Å². The fraction of sp³-hybridized carbons (Fsp3) is 0.100. The van der Waals surface area contributed by atoms with Crippen LogP contribution in [-0.4, -0.2) is 15.6 Å². The lowest BCUT2D eigenvalue weighted by Gasteiger charge is -1.97. The molecule has 0 aromatic carbocycles. The molecule has 2 aromatic heterocycles. The molecule has 0 saturated heterocycles. The summed E-state index contributed by atoms with van der Waals surface area (Å²) in [5.74, 6) is -0.979. The first-order chi connectivity index (χ1) is 7.09. The summed E-state index contributed by atoms with van der Waals surface area (Å²) in [6.07, 6.45) is 3.74. The van der Waals surface area contributed by atoms with Crippen LogP contribution in [0.5, 0.6) is 0 Å². The van der Waals surface area contributed by atoms with Gasteiger partial charge in [-0.2, -0.15) is 0 Å². The van der Waals surface area contributed by atoms with Gasteiger partial charge in [-0.3, -0.25) is 0 Å². The summed E-state index contributed by atoms with van der Waals surface area (Å²) in [4.78, 5) is 11.0. The third-order valence-corrected chi connectivity index (χ3v) is 2.99. The zero-order valence-electron chi connectivity index (χ0n) is 8.10. The van der Waals surface area contributed by atoms with Crippen LogP contribution in [0.1, 0.15) is 10.4 Å². The Kier molecular flexibility index (Phi) is 2.24. The predicted octanol–water partition coefficient (Wildman–Crippen LogP) is 2.03. The number of hydrogen-bond donors (Lipinski definition) is 2. The van der Waals surface area contributed by atoms with Gasteiger partial charge in [0.15, 0.2) is 0 Å². The van der Waals surface area contributed by atoms with Crippen LogP contribution in [0, 0.1) is 0 Å². The molecule has 0 atom stereocenters. The predicted molar refractivity (Wildman–Crippen MR) is 60.1 cm³/mol. The van der Waals surface area contributed by atoms with Gasteiger partial charge >= 0.3 is 5.97 Å². The monoisotopic (exact) mass is 222 g/mol. The maximum absolute atomic E-state index is 11.0. The summed E-state index contributed by atoms with van der Waals surface area (Å²) in [7, 11) is 1.89. The Morgan fingerprint density at radius 1 is 1.60 bits per heavy atom. The molecule has 0 aliphatic heterocycles. The number of nitrogens with two attached hydrogens (primary N) is 1. The fourth-order valence-corrected chi connectivity index (χ4v) is 2.28. The lowest BCUT2D eigenvalue weighted by atomic mass is 10.1. The molecule has 2 rings (SSSR count). The number of hydrogen-bond acceptors (Lipinski definition) is 3. The van der Waals surface area contributed by atoms with Gasteiger partial charge in [0.2, 0.25) is 0 Å². The number of nitrogens with zero attached hydrogens (tertiary/aromatic N) is 1. The highest BCUT2D eigenvalue weighted by Gasteiger charge is 2.17. The van der Waals surface area contributed by atoms with Crippen molar-refractivity contribution in [2.24, 2.45) is 7.05 Å². The summed E-state index contributed by atoms with van der Waals surface area (Å²) < 4.78 is 1.87. The molecular weight excluding hydrogens is 212 g/mol. The summed E-state index contributed by atoms with van der Waals surface area (Å²) in [5, 5.41) is 11.1. The zero-order chi connectivity index (χ0) is 11.0. The van der Waals surface area contributed by atoms with Crippen molar-refractivity contribution in [2.75, 3.05) is 5.73 Å². The quantitative estimate of drug-likeness (QED) is 0.817. The van der Waals surface area contributed by atoms with Crippen LogP contribution in [0.3, 0.4) is 0 Å². The molecule has 0 aliphatic rings. The second-order valence-corrected chi connectivity index (χ2v) is 4.17. The molecule has 3 N–H and O–H groups in total. The largest absolute Gasteiger partial charge is 0.478 e. The van der Waals surface area contributed by atoms with Crippen molar-refractivity contribution < 1.29 is 9.90 Å². The Morgan fingerprint density at radius 2 is 2.33 bits per heavy atom. The SMILES string of the molecule is Cn1ccc(-c2csc(N)c2C(=O)O)c1. The minimum Gasteiger partial charge on any atom is -0.478 e. The number of rotatable bonds is 2. The maximum atomic E-state index is 11.0. The summed E-state index contributed by atoms with van der Waals surface area (Å²) >= 11 is 1.25. The van der Waals surface area contributed by atoms with E-state index in [-0.39, 0.29) is 5.56 Å². The number of carboxylic acids is 1. The van der Waals surface area contributed by atoms with Crippen LogP contribution in [0.2, 0.25) is 0 Å². The number of anilines is 1. The van der Waals surface area contributed by atoms with Gasteiger partial charge in [-0.1, -0.05) is 0 Å². The Bertz CT molecular complexity index is 513. The van der Waals surface area contributed by atoms with Crippen molar-refractivity contribution in [1.29, 1.82) is 0 Å². The van der Waals surface area contributed by atoms with Crippen LogP contribution < -0.4 is 5.73 Å². The third-order valence-electron chi connectivity index (χ3n) is 2.18. The molecule has 0 unspecified atom stereocenters. The minimum absolute atomic E-state index is 0.200. The summed E-state index contributed by atoms with van der Waals surface area (Å²) in [6.45, 7) is 0. The lowest BCUT2D eigenvalue weighted by Crippen LogP contribution is -2.00. The average Bonchev–Trinajstić information content (AvgIpc) is 2.71. The van der Waals surface area contributed by atoms with Crippen molar-refractivity contribution in [1.82, 2.24) is 4.57 Å². The van der Waals surface area contributed by atoms with Gasteiger partial charge in [-0.25, -0.2) is 4.79 Å². The number of aromatic nitrogens is 1. The number of carboxylic acid groups (broad SMARTS) is 1. The summed E-state index contributed by atoms with van der Waals surface area (Å²) in [5.41, 5.74) is 7.38. The number of carbonyl (C=O) groups is 1. The minimum atomic E-state index is -0.979. The van der Waals surface area contributed by atoms with Crippen LogP contribution in [0.15, 0.2) is 23.8 Å². The number of nitrogen functional groups attached to an aromatic ring is 1. The molecular formula is C10H10N2O2S. The van der Waals surface area contributed by atoms with Gasteiger partial charge in [0.1, 0.15) is 10.6 Å². The van der Waals surface area contributed by atoms with E-state index >= 15 is 0 Å². The molecule has 0 amide bonds. The van der Waals surface area contributed by atoms with Crippen LogP contribution in [0.25, 0.3) is 11.1 Å². The molecule has 4 nitrogen and oxygen atoms in total. The van der Waals surface area contributed by atoms with Crippen molar-refractivity contribution in [3.8, 4) is 11.1 Å². The van der Waals surface area contributed by atoms with E-state index in [1.807, 2.05) is 30.1 Å². The molecule has 2 aromatic rings. The lowest BCUT2D eigenvalue weighted by molar-refractivity contribution is 0.0699. The second kappa shape index (κ2) is 3.43. The smallest absolute Gasteiger partial charge is 0.339 e. The molecule has 0 spiro atoms. The average molecular weight is 222 g/mol. The second-order valence-electron chi connectivity index (χ2n) is 3.26. The Labute approximate surface area is 90.6 Å². The van der Waals surface area contributed by atoms with E-state index in [0.29, 0.717) is 10.6 Å². The van der Waals surface area contributed by atoms with E-state index in [1.165, 1.54) is 11.3 Å². The highest BCUT2D eigenvalue weighted by Crippen LogP contribution is 2.33. The first-order valence-electron chi connectivity index (χ1n) is 4.32. The number of aryl methyl sites for hydroxylation is 1. The van der Waals surface area contributed by atoms with Gasteiger partial charge in [-0.05, 0) is 6.07 Å². The van der Waals surface area contributed by atoms with Gasteiger partial charge in [-0.15, -0.1) is 11.3 Å². The highest BCUT2D eigenvalue weighted by atomic mass is 32.1. The standard InChI is InChI=1S/C10H10N2O2S/c1-12-3-2-6(4-12)7-5-15-9(11)8(7)10(13)14/h2-5H,11H2,1H3,(H,13,14). The third kappa shape index (κ3) is 1.61. The van der Waals surface area contributed by atoms with E-state index in [4.69, 9.17) is 10.8 Å². The van der Waals surface area contributed by atoms with Crippen LogP contribution in [0.4, 0.5) is 5.00 Å². The van der Waals surface area contributed by atoms with E-state index in [2.05, 4.69) is 0 Å². The van der Waals surface area contributed by atoms with E-state index < -0.39 is 5.97 Å². The van der Waals surface area contributed by atoms with E-state index in [9.17, 15) is 4.79 Å². The van der Waals surface area contributed by atoms with Crippen molar-refractivity contribution in [3.05, 3.63) is 29.4 Å². The molecule has 15 heavy (non-hydrogen) atoms. The van der Waals surface area contributed by atoms with Crippen molar-refractivity contribution >= 4 is 22.3 Å². The van der Waals surface area contributed by atoms with Gasteiger partial charge in [0, 0.05) is 35.9 Å². The highest BCUT2D eigenvalue weighted by molar-refractivity contribution is 7.14. The summed E-state index contributed by atoms with van der Waals surface area (Å²) in [6, 6.07) is 1.87. The Hall–Kier alpha value is -1.75. The molecule has 0 aliphatic carbocycles. The van der Waals surface area contributed by atoms with Crippen LogP contribution >= 0.6 is 11.3 Å². The topological polar surface area (TPSA) is 68.2 Å². The Balaban J connectivity index is 2.58. The Morgan fingerprint density at radius 3 is 2.87 bits per heavy atom. The zero-order valence-corrected chi connectivity index (χ0v) is 8.91. The van der Waals surface area contributed by atoms with Gasteiger partial charge < -0.3 is 15.4 Å². The van der Waals surface area contributed by atoms with Gasteiger partial charge in [0.25, 0.3) is 0 Å². The van der Waals surface area contributed by atoms with Crippen molar-refractivity contribution in [3.63, 3.8) is 0 Å². The fourth-order valence-electron chi connectivity index (χ4n) is 1.47. The first-order valence-corrected chi connectivity index (χ1v) is 5.20. The molecule has 5 heteroatoms. The first kappa shape index (κ1) is 9.79. The molecule has 0 fully saturated rings. The number of thiophene rings is 1. The molecule has 0 radical (unpaired) electrons. The molecule has 2 heterocycles. The van der Waals surface area contributed by atoms with Crippen molar-refractivity contribution in [2.45, 2.75) is 0 Å². The molecule has 78 valence electrons. The molecule has 0 saturated carbocycles. The number of aromatic carboxylic acids is 1. The van der Waals surface area contributed by atoms with Gasteiger partial charge in [0.05, 0.1) is 0 Å². The normalized spacial score (nSPS) is 10.5. The van der Waals surface area contributed by atoms with E-state index in [1.54, 1.807) is 5.38 Å². The maximum Gasteiger partial charge on any atom is 0.339 e. The molecule has 0 bridgehead atoms.